The van der Waals surface area contributed by atoms with Crippen LogP contribution in [0.1, 0.15) is 47.7 Å². The first-order valence-corrected chi connectivity index (χ1v) is 14.2. The summed E-state index contributed by atoms with van der Waals surface area (Å²) < 4.78 is 0. The molecule has 6 rings (SSSR count). The van der Waals surface area contributed by atoms with Crippen LogP contribution < -0.4 is 5.32 Å². The molecule has 8 heteroatoms. The molecule has 4 heterocycles. The van der Waals surface area contributed by atoms with Gasteiger partial charge in [0.2, 0.25) is 5.91 Å². The summed E-state index contributed by atoms with van der Waals surface area (Å²) in [7, 11) is 0. The van der Waals surface area contributed by atoms with Crippen molar-refractivity contribution < 1.29 is 14.7 Å². The normalized spacial score (nSPS) is 22.5. The standard InChI is InChI=1S/C31H37N5O3/c1-21(37)34-15-11-24(12-16-34)32-30-18-26(25-8-4-5-9-27(25)33-30)31(39)36-17-13-28(29(38)20-36)35-14-10-22-6-2-3-7-23(22)19-35/h2-9,18,24,28-29,38H,10-17,19-20H2,1H3,(H,32,33)/t28-,29-/m1/s1. The number of rotatable bonds is 4. The Balaban J connectivity index is 1.16. The van der Waals surface area contributed by atoms with Crippen LogP contribution in [0.2, 0.25) is 0 Å². The Morgan fingerprint density at radius 2 is 1.64 bits per heavy atom. The molecule has 3 aliphatic rings. The molecule has 0 spiro atoms. The van der Waals surface area contributed by atoms with E-state index in [1.807, 2.05) is 35.2 Å². The molecule has 0 bridgehead atoms. The number of aliphatic hydroxyl groups is 1. The Labute approximate surface area is 229 Å². The number of carbonyl (C=O) groups is 2. The summed E-state index contributed by atoms with van der Waals surface area (Å²) in [5.74, 6) is 0.728. The molecule has 0 saturated carbocycles. The molecule has 2 aromatic carbocycles. The van der Waals surface area contributed by atoms with Crippen molar-refractivity contribution in [3.63, 3.8) is 0 Å². The highest BCUT2D eigenvalue weighted by Crippen LogP contribution is 2.28. The van der Waals surface area contributed by atoms with Gasteiger partial charge in [-0.3, -0.25) is 14.5 Å². The zero-order valence-electron chi connectivity index (χ0n) is 22.6. The maximum atomic E-state index is 13.9. The highest BCUT2D eigenvalue weighted by Gasteiger charge is 2.36. The first kappa shape index (κ1) is 25.8. The van der Waals surface area contributed by atoms with E-state index in [-0.39, 0.29) is 23.9 Å². The van der Waals surface area contributed by atoms with Crippen molar-refractivity contribution in [1.82, 2.24) is 19.7 Å². The summed E-state index contributed by atoms with van der Waals surface area (Å²) in [5, 5.41) is 15.5. The van der Waals surface area contributed by atoms with Crippen LogP contribution in [0.5, 0.6) is 0 Å². The van der Waals surface area contributed by atoms with E-state index in [0.29, 0.717) is 24.5 Å². The number of nitrogens with zero attached hydrogens (tertiary/aromatic N) is 4. The van der Waals surface area contributed by atoms with Crippen molar-refractivity contribution in [3.8, 4) is 0 Å². The number of pyridine rings is 1. The fourth-order valence-electron chi connectivity index (χ4n) is 6.47. The first-order valence-electron chi connectivity index (χ1n) is 14.2. The van der Waals surface area contributed by atoms with Gasteiger partial charge in [0.15, 0.2) is 0 Å². The van der Waals surface area contributed by atoms with E-state index in [4.69, 9.17) is 4.98 Å². The monoisotopic (exact) mass is 527 g/mol. The van der Waals surface area contributed by atoms with E-state index in [2.05, 4.69) is 34.5 Å². The first-order chi connectivity index (χ1) is 19.0. The molecular formula is C31H37N5O3. The van der Waals surface area contributed by atoms with Gasteiger partial charge in [-0.1, -0.05) is 42.5 Å². The molecule has 2 atom stereocenters. The van der Waals surface area contributed by atoms with Gasteiger partial charge < -0.3 is 20.2 Å². The summed E-state index contributed by atoms with van der Waals surface area (Å²) in [5.41, 5.74) is 4.12. The number of fused-ring (bicyclic) bond motifs is 2. The second-order valence-electron chi connectivity index (χ2n) is 11.2. The maximum Gasteiger partial charge on any atom is 0.254 e. The lowest BCUT2D eigenvalue weighted by molar-refractivity contribution is -0.129. The third kappa shape index (κ3) is 5.36. The Kier molecular flexibility index (Phi) is 7.23. The largest absolute Gasteiger partial charge is 0.390 e. The number of para-hydroxylation sites is 1. The zero-order chi connectivity index (χ0) is 26.9. The van der Waals surface area contributed by atoms with Gasteiger partial charge in [-0.05, 0) is 48.9 Å². The molecule has 2 saturated heterocycles. The average Bonchev–Trinajstić information content (AvgIpc) is 2.96. The molecule has 39 heavy (non-hydrogen) atoms. The number of hydrogen-bond donors (Lipinski definition) is 2. The number of amides is 2. The topological polar surface area (TPSA) is 89.0 Å². The van der Waals surface area contributed by atoms with Gasteiger partial charge in [0, 0.05) is 63.7 Å². The van der Waals surface area contributed by atoms with Gasteiger partial charge >= 0.3 is 0 Å². The third-order valence-electron chi connectivity index (χ3n) is 8.70. The van der Waals surface area contributed by atoms with Gasteiger partial charge in [0.25, 0.3) is 5.91 Å². The summed E-state index contributed by atoms with van der Waals surface area (Å²) in [6.07, 6.45) is 2.84. The summed E-state index contributed by atoms with van der Waals surface area (Å²) in [6.45, 7) is 5.78. The Bertz CT molecular complexity index is 1370. The second kappa shape index (κ2) is 10.9. The van der Waals surface area contributed by atoms with Crippen molar-refractivity contribution in [2.45, 2.75) is 57.3 Å². The number of β-amino-alcohol motifs (C(OH)–C–C–N with tert-alkyl or cyclic N) is 1. The van der Waals surface area contributed by atoms with Gasteiger partial charge in [0.1, 0.15) is 5.82 Å². The molecule has 3 aromatic rings. The molecule has 0 unspecified atom stereocenters. The Hall–Kier alpha value is -3.49. The minimum Gasteiger partial charge on any atom is -0.390 e. The molecule has 0 radical (unpaired) electrons. The summed E-state index contributed by atoms with van der Waals surface area (Å²) in [6, 6.07) is 18.4. The van der Waals surface area contributed by atoms with Crippen LogP contribution in [0.25, 0.3) is 10.9 Å². The lowest BCUT2D eigenvalue weighted by Gasteiger charge is -2.43. The van der Waals surface area contributed by atoms with Crippen LogP contribution in [-0.2, 0) is 17.8 Å². The second-order valence-corrected chi connectivity index (χ2v) is 11.2. The highest BCUT2D eigenvalue weighted by atomic mass is 16.3. The van der Waals surface area contributed by atoms with Crippen molar-refractivity contribution in [2.75, 3.05) is 38.0 Å². The predicted octanol–water partition coefficient (Wildman–Crippen LogP) is 3.29. The minimum atomic E-state index is -0.592. The van der Waals surface area contributed by atoms with Crippen LogP contribution >= 0.6 is 0 Å². The van der Waals surface area contributed by atoms with Crippen molar-refractivity contribution in [3.05, 3.63) is 71.3 Å². The van der Waals surface area contributed by atoms with Crippen LogP contribution in [-0.4, -0.2) is 87.5 Å². The number of carbonyl (C=O) groups excluding carboxylic acids is 2. The van der Waals surface area contributed by atoms with Crippen molar-refractivity contribution in [1.29, 1.82) is 0 Å². The van der Waals surface area contributed by atoms with Gasteiger partial charge in [-0.15, -0.1) is 0 Å². The number of aliphatic hydroxyl groups excluding tert-OH is 1. The molecule has 3 aliphatic heterocycles. The molecule has 2 fully saturated rings. The molecule has 1 aromatic heterocycles. The number of anilines is 1. The lowest BCUT2D eigenvalue weighted by Crippen LogP contribution is -2.56. The summed E-state index contributed by atoms with van der Waals surface area (Å²) in [4.78, 5) is 36.4. The average molecular weight is 528 g/mol. The van der Waals surface area contributed by atoms with E-state index in [1.165, 1.54) is 11.1 Å². The zero-order valence-corrected chi connectivity index (χ0v) is 22.6. The molecule has 2 N–H and O–H groups in total. The number of piperidine rings is 2. The number of aromatic nitrogens is 1. The maximum absolute atomic E-state index is 13.9. The van der Waals surface area contributed by atoms with Crippen LogP contribution in [0.15, 0.2) is 54.6 Å². The van der Waals surface area contributed by atoms with E-state index >= 15 is 0 Å². The van der Waals surface area contributed by atoms with E-state index in [0.717, 1.165) is 62.8 Å². The Morgan fingerprint density at radius 3 is 2.41 bits per heavy atom. The quantitative estimate of drug-likeness (QED) is 0.541. The predicted molar refractivity (Wildman–Crippen MR) is 152 cm³/mol. The van der Waals surface area contributed by atoms with Gasteiger partial charge in [-0.25, -0.2) is 4.98 Å². The molecular weight excluding hydrogens is 490 g/mol. The smallest absolute Gasteiger partial charge is 0.254 e. The molecule has 0 aliphatic carbocycles. The molecule has 8 nitrogen and oxygen atoms in total. The number of likely N-dealkylation sites (tertiary alicyclic amines) is 2. The van der Waals surface area contributed by atoms with Crippen LogP contribution in [0.3, 0.4) is 0 Å². The number of nitrogens with one attached hydrogen (secondary N) is 1. The number of hydrogen-bond acceptors (Lipinski definition) is 6. The lowest BCUT2D eigenvalue weighted by atomic mass is 9.93. The van der Waals surface area contributed by atoms with Crippen molar-refractivity contribution >= 4 is 28.5 Å². The third-order valence-corrected chi connectivity index (χ3v) is 8.70. The SMILES string of the molecule is CC(=O)N1CCC(Nc2cc(C(=O)N3CC[C@@H](N4CCc5ccccc5C4)[C@H](O)C3)c3ccccc3n2)CC1. The van der Waals surface area contributed by atoms with Crippen molar-refractivity contribution in [2.24, 2.45) is 0 Å². The van der Waals surface area contributed by atoms with E-state index in [1.54, 1.807) is 11.8 Å². The van der Waals surface area contributed by atoms with Crippen LogP contribution in [0.4, 0.5) is 5.82 Å². The minimum absolute atomic E-state index is 0.0506. The fraction of sp³-hybridized carbons (Fsp3) is 0.452. The summed E-state index contributed by atoms with van der Waals surface area (Å²) >= 11 is 0. The van der Waals surface area contributed by atoms with E-state index in [9.17, 15) is 14.7 Å². The number of benzene rings is 2. The molecule has 204 valence electrons. The van der Waals surface area contributed by atoms with Gasteiger partial charge in [0.05, 0.1) is 17.2 Å². The highest BCUT2D eigenvalue weighted by molar-refractivity contribution is 6.07. The van der Waals surface area contributed by atoms with Crippen LogP contribution in [0, 0.1) is 0 Å². The van der Waals surface area contributed by atoms with Gasteiger partial charge in [-0.2, -0.15) is 0 Å². The van der Waals surface area contributed by atoms with E-state index < -0.39 is 6.10 Å². The Morgan fingerprint density at radius 1 is 0.923 bits per heavy atom. The molecule has 2 amide bonds. The fourth-order valence-corrected chi connectivity index (χ4v) is 6.47.